The maximum absolute atomic E-state index is 12.1. The van der Waals surface area contributed by atoms with Gasteiger partial charge in [0.2, 0.25) is 0 Å². The van der Waals surface area contributed by atoms with Crippen LogP contribution in [0, 0.1) is 0 Å². The first kappa shape index (κ1) is 16.0. The number of ether oxygens (including phenoxy) is 1. The molecule has 6 nitrogen and oxygen atoms in total. The van der Waals surface area contributed by atoms with Crippen molar-refractivity contribution in [2.24, 2.45) is 0 Å². The second kappa shape index (κ2) is 5.96. The summed E-state index contributed by atoms with van der Waals surface area (Å²) in [5, 5.41) is 0.617. The van der Waals surface area contributed by atoms with Crippen LogP contribution in [0.2, 0.25) is 0 Å². The molecule has 2 heterocycles. The topological polar surface area (TPSA) is 61.5 Å². The number of thiol groups is 1. The van der Waals surface area contributed by atoms with Crippen molar-refractivity contribution >= 4 is 35.4 Å². The lowest BCUT2D eigenvalue weighted by Crippen LogP contribution is -2.50. The molecule has 1 N–H and O–H groups in total. The second-order valence-electron chi connectivity index (χ2n) is 6.72. The van der Waals surface area contributed by atoms with Crippen LogP contribution in [0.3, 0.4) is 0 Å². The van der Waals surface area contributed by atoms with E-state index in [9.17, 15) is 4.79 Å². The van der Waals surface area contributed by atoms with Crippen molar-refractivity contribution in [2.45, 2.75) is 31.5 Å². The van der Waals surface area contributed by atoms with Crippen molar-refractivity contribution < 1.29 is 9.53 Å². The molecule has 0 spiro atoms. The zero-order valence-corrected chi connectivity index (χ0v) is 14.6. The molecule has 3 rings (SSSR count). The number of aromatic nitrogens is 2. The van der Waals surface area contributed by atoms with E-state index in [-0.39, 0.29) is 6.09 Å². The maximum atomic E-state index is 12.1. The molecule has 23 heavy (non-hydrogen) atoms. The third-order valence-electron chi connectivity index (χ3n) is 3.75. The SMILES string of the molecule is CC(C)(C)OC(=O)N1CCN(c2ccc3[nH]c(S)nc3c2)CC1. The molecule has 0 atom stereocenters. The molecule has 2 aromatic rings. The highest BCUT2D eigenvalue weighted by atomic mass is 32.1. The van der Waals surface area contributed by atoms with Gasteiger partial charge in [0, 0.05) is 31.9 Å². The molecule has 0 bridgehead atoms. The number of aromatic amines is 1. The molecule has 1 aromatic carbocycles. The third kappa shape index (κ3) is 3.72. The third-order valence-corrected chi connectivity index (χ3v) is 3.96. The van der Waals surface area contributed by atoms with E-state index >= 15 is 0 Å². The Morgan fingerprint density at radius 2 is 1.96 bits per heavy atom. The minimum atomic E-state index is -0.455. The van der Waals surface area contributed by atoms with Crippen molar-refractivity contribution in [3.63, 3.8) is 0 Å². The Bertz CT molecular complexity index is 714. The summed E-state index contributed by atoms with van der Waals surface area (Å²) in [5.41, 5.74) is 2.54. The van der Waals surface area contributed by atoms with Gasteiger partial charge in [0.05, 0.1) is 11.0 Å². The van der Waals surface area contributed by atoms with Gasteiger partial charge in [-0.3, -0.25) is 0 Å². The Labute approximate surface area is 141 Å². The molecular weight excluding hydrogens is 312 g/mol. The smallest absolute Gasteiger partial charge is 0.410 e. The number of anilines is 1. The number of amides is 1. The van der Waals surface area contributed by atoms with Crippen LogP contribution >= 0.6 is 12.6 Å². The predicted molar refractivity (Wildman–Crippen MR) is 93.4 cm³/mol. The molecule has 1 aliphatic rings. The van der Waals surface area contributed by atoms with Crippen LogP contribution in [0.25, 0.3) is 11.0 Å². The van der Waals surface area contributed by atoms with Gasteiger partial charge in [-0.1, -0.05) is 0 Å². The summed E-state index contributed by atoms with van der Waals surface area (Å²) in [5.74, 6) is 0. The first-order valence-electron chi connectivity index (χ1n) is 7.73. The highest BCUT2D eigenvalue weighted by molar-refractivity contribution is 7.80. The maximum Gasteiger partial charge on any atom is 0.410 e. The predicted octanol–water partition coefficient (Wildman–Crippen LogP) is 2.91. The number of benzene rings is 1. The van der Waals surface area contributed by atoms with Crippen LogP contribution in [0.5, 0.6) is 0 Å². The Balaban J connectivity index is 1.64. The second-order valence-corrected chi connectivity index (χ2v) is 7.14. The van der Waals surface area contributed by atoms with E-state index in [1.54, 1.807) is 4.90 Å². The van der Waals surface area contributed by atoms with Gasteiger partial charge in [0.1, 0.15) is 5.60 Å². The highest BCUT2D eigenvalue weighted by Crippen LogP contribution is 2.23. The van der Waals surface area contributed by atoms with Crippen molar-refractivity contribution in [2.75, 3.05) is 31.1 Å². The molecule has 0 unspecified atom stereocenters. The van der Waals surface area contributed by atoms with Crippen LogP contribution in [0.15, 0.2) is 23.4 Å². The molecule has 0 radical (unpaired) electrons. The van der Waals surface area contributed by atoms with Gasteiger partial charge >= 0.3 is 6.09 Å². The average Bonchev–Trinajstić information content (AvgIpc) is 2.84. The first-order chi connectivity index (χ1) is 10.8. The Kier molecular flexibility index (Phi) is 4.14. The fourth-order valence-corrected chi connectivity index (χ4v) is 2.88. The zero-order valence-electron chi connectivity index (χ0n) is 13.7. The summed E-state index contributed by atoms with van der Waals surface area (Å²) in [4.78, 5) is 23.6. The number of nitrogens with zero attached hydrogens (tertiary/aromatic N) is 3. The number of fused-ring (bicyclic) bond motifs is 1. The van der Waals surface area contributed by atoms with Gasteiger partial charge in [-0.05, 0) is 39.0 Å². The van der Waals surface area contributed by atoms with Gasteiger partial charge < -0.3 is 19.5 Å². The van der Waals surface area contributed by atoms with Crippen molar-refractivity contribution in [3.05, 3.63) is 18.2 Å². The van der Waals surface area contributed by atoms with E-state index in [0.29, 0.717) is 18.2 Å². The molecule has 124 valence electrons. The van der Waals surface area contributed by atoms with E-state index in [1.807, 2.05) is 26.8 Å². The molecule has 1 saturated heterocycles. The first-order valence-corrected chi connectivity index (χ1v) is 8.18. The number of imidazole rings is 1. The zero-order chi connectivity index (χ0) is 16.6. The van der Waals surface area contributed by atoms with Crippen LogP contribution in [-0.4, -0.2) is 52.7 Å². The summed E-state index contributed by atoms with van der Waals surface area (Å²) in [6.45, 7) is 8.53. The molecule has 1 aromatic heterocycles. The number of nitrogens with one attached hydrogen (secondary N) is 1. The van der Waals surface area contributed by atoms with Crippen molar-refractivity contribution in [1.82, 2.24) is 14.9 Å². The fraction of sp³-hybridized carbons (Fsp3) is 0.500. The minimum Gasteiger partial charge on any atom is -0.444 e. The standard InChI is InChI=1S/C16H22N4O2S/c1-16(2,3)22-15(21)20-8-6-19(7-9-20)11-4-5-12-13(10-11)18-14(23)17-12/h4-5,10H,6-9H2,1-3H3,(H2,17,18,23). The lowest BCUT2D eigenvalue weighted by Gasteiger charge is -2.36. The van der Waals surface area contributed by atoms with Gasteiger partial charge in [-0.25, -0.2) is 9.78 Å². The number of carbonyl (C=O) groups is 1. The van der Waals surface area contributed by atoms with Crippen molar-refractivity contribution in [1.29, 1.82) is 0 Å². The molecule has 1 fully saturated rings. The van der Waals surface area contributed by atoms with E-state index in [2.05, 4.69) is 39.6 Å². The lowest BCUT2D eigenvalue weighted by atomic mass is 10.2. The molecule has 7 heteroatoms. The summed E-state index contributed by atoms with van der Waals surface area (Å²) < 4.78 is 5.42. The quantitative estimate of drug-likeness (QED) is 0.787. The molecule has 1 aliphatic heterocycles. The van der Waals surface area contributed by atoms with E-state index < -0.39 is 5.60 Å². The highest BCUT2D eigenvalue weighted by Gasteiger charge is 2.26. The Hall–Kier alpha value is -1.89. The van der Waals surface area contributed by atoms with Crippen LogP contribution in [-0.2, 0) is 4.74 Å². The molecule has 0 saturated carbocycles. The summed E-state index contributed by atoms with van der Waals surface area (Å²) in [6, 6.07) is 6.13. The van der Waals surface area contributed by atoms with Gasteiger partial charge in [-0.15, -0.1) is 12.6 Å². The average molecular weight is 334 g/mol. The van der Waals surface area contributed by atoms with E-state index in [0.717, 1.165) is 29.8 Å². The monoisotopic (exact) mass is 334 g/mol. The van der Waals surface area contributed by atoms with Crippen molar-refractivity contribution in [3.8, 4) is 0 Å². The summed E-state index contributed by atoms with van der Waals surface area (Å²) in [6.07, 6.45) is -0.236. The molecular formula is C16H22N4O2S. The van der Waals surface area contributed by atoms with Crippen LogP contribution in [0.1, 0.15) is 20.8 Å². The largest absolute Gasteiger partial charge is 0.444 e. The number of rotatable bonds is 1. The normalized spacial score (nSPS) is 16.0. The number of hydrogen-bond acceptors (Lipinski definition) is 5. The van der Waals surface area contributed by atoms with Crippen LogP contribution < -0.4 is 4.90 Å². The fourth-order valence-electron chi connectivity index (χ4n) is 2.65. The molecule has 0 aliphatic carbocycles. The summed E-state index contributed by atoms with van der Waals surface area (Å²) in [7, 11) is 0. The van der Waals surface area contributed by atoms with Gasteiger partial charge in [0.25, 0.3) is 0 Å². The Morgan fingerprint density at radius 1 is 1.26 bits per heavy atom. The molecule has 1 amide bonds. The minimum absolute atomic E-state index is 0.236. The number of hydrogen-bond donors (Lipinski definition) is 2. The van der Waals surface area contributed by atoms with Gasteiger partial charge in [0.15, 0.2) is 5.16 Å². The Morgan fingerprint density at radius 3 is 2.61 bits per heavy atom. The summed E-state index contributed by atoms with van der Waals surface area (Å²) >= 11 is 4.23. The number of H-pyrrole nitrogens is 1. The lowest BCUT2D eigenvalue weighted by molar-refractivity contribution is 0.0240. The number of piperazine rings is 1. The van der Waals surface area contributed by atoms with Crippen LogP contribution in [0.4, 0.5) is 10.5 Å². The number of carbonyl (C=O) groups excluding carboxylic acids is 1. The van der Waals surface area contributed by atoms with E-state index in [4.69, 9.17) is 4.74 Å². The van der Waals surface area contributed by atoms with Gasteiger partial charge in [-0.2, -0.15) is 0 Å². The van der Waals surface area contributed by atoms with E-state index in [1.165, 1.54) is 0 Å².